The van der Waals surface area contributed by atoms with E-state index in [1.165, 1.54) is 0 Å². The first kappa shape index (κ1) is 19.2. The van der Waals surface area contributed by atoms with E-state index in [4.69, 9.17) is 16.3 Å². The van der Waals surface area contributed by atoms with Crippen LogP contribution >= 0.6 is 11.6 Å². The van der Waals surface area contributed by atoms with Gasteiger partial charge in [-0.05, 0) is 69.9 Å². The fraction of sp³-hybridized carbons (Fsp3) is 0.455. The summed E-state index contributed by atoms with van der Waals surface area (Å²) < 4.78 is 6.23. The van der Waals surface area contributed by atoms with E-state index in [1.54, 1.807) is 18.3 Å². The van der Waals surface area contributed by atoms with Crippen molar-refractivity contribution in [2.45, 2.75) is 63.8 Å². The fourth-order valence-corrected chi connectivity index (χ4v) is 4.72. The summed E-state index contributed by atoms with van der Waals surface area (Å²) in [5.41, 5.74) is 1.74. The molecule has 3 heterocycles. The van der Waals surface area contributed by atoms with Gasteiger partial charge in [0.05, 0.1) is 6.04 Å². The van der Waals surface area contributed by atoms with Crippen molar-refractivity contribution in [1.29, 1.82) is 0 Å². The van der Waals surface area contributed by atoms with Crippen LogP contribution in [0.1, 0.15) is 38.3 Å². The topological polar surface area (TPSA) is 54.5 Å². The lowest BCUT2D eigenvalue weighted by Crippen LogP contribution is -2.53. The largest absolute Gasteiger partial charge is 0.490 e. The Bertz CT molecular complexity index is 828. The molecule has 0 saturated carbocycles. The zero-order valence-electron chi connectivity index (χ0n) is 16.3. The molecule has 1 aromatic carbocycles. The Balaban J connectivity index is 1.38. The minimum Gasteiger partial charge on any atom is -0.490 e. The molecule has 2 aliphatic heterocycles. The predicted molar refractivity (Wildman–Crippen MR) is 111 cm³/mol. The standard InChI is InChI=1S/C22H26ClN3O2/c1-14-11-20(9-10-24-14)28-21-12-18-7-8-19(13-21)26(18)15(2)22(27)25-17-5-3-16(23)4-6-17/h3-6,9-11,15,18-19,21H,7-8,12-13H2,1-2H3,(H,25,27). The Morgan fingerprint density at radius 1 is 1.21 bits per heavy atom. The Morgan fingerprint density at radius 2 is 1.89 bits per heavy atom. The maximum Gasteiger partial charge on any atom is 0.241 e. The van der Waals surface area contributed by atoms with Crippen LogP contribution in [-0.4, -0.2) is 40.0 Å². The first-order chi connectivity index (χ1) is 13.5. The normalized spacial score (nSPS) is 25.3. The molecule has 2 bridgehead atoms. The van der Waals surface area contributed by atoms with Gasteiger partial charge in [-0.1, -0.05) is 11.6 Å². The third kappa shape index (κ3) is 4.15. The van der Waals surface area contributed by atoms with Gasteiger partial charge in [-0.3, -0.25) is 14.7 Å². The number of aromatic nitrogens is 1. The highest BCUT2D eigenvalue weighted by atomic mass is 35.5. The molecule has 3 atom stereocenters. The van der Waals surface area contributed by atoms with Gasteiger partial charge in [-0.2, -0.15) is 0 Å². The number of pyridine rings is 1. The van der Waals surface area contributed by atoms with E-state index in [0.717, 1.165) is 42.8 Å². The number of hydrogen-bond donors (Lipinski definition) is 1. The summed E-state index contributed by atoms with van der Waals surface area (Å²) in [6.45, 7) is 3.98. The van der Waals surface area contributed by atoms with Crippen molar-refractivity contribution in [1.82, 2.24) is 9.88 Å². The van der Waals surface area contributed by atoms with Gasteiger partial charge in [-0.15, -0.1) is 0 Å². The lowest BCUT2D eigenvalue weighted by atomic mass is 9.97. The summed E-state index contributed by atoms with van der Waals surface area (Å²) in [6.07, 6.45) is 6.14. The quantitative estimate of drug-likeness (QED) is 0.807. The Hall–Kier alpha value is -2.11. The van der Waals surface area contributed by atoms with Gasteiger partial charge >= 0.3 is 0 Å². The van der Waals surface area contributed by atoms with Crippen LogP contribution in [-0.2, 0) is 4.79 Å². The van der Waals surface area contributed by atoms with E-state index in [2.05, 4.69) is 15.2 Å². The fourth-order valence-electron chi connectivity index (χ4n) is 4.59. The van der Waals surface area contributed by atoms with Crippen molar-refractivity contribution >= 4 is 23.2 Å². The summed E-state index contributed by atoms with van der Waals surface area (Å²) >= 11 is 5.92. The van der Waals surface area contributed by atoms with E-state index in [0.29, 0.717) is 17.1 Å². The van der Waals surface area contributed by atoms with Crippen LogP contribution in [0.5, 0.6) is 5.75 Å². The van der Waals surface area contributed by atoms with Gasteiger partial charge < -0.3 is 10.1 Å². The number of anilines is 1. The van der Waals surface area contributed by atoms with Crippen LogP contribution in [0, 0.1) is 6.92 Å². The van der Waals surface area contributed by atoms with Crippen molar-refractivity contribution in [3.8, 4) is 5.75 Å². The molecule has 6 heteroatoms. The minimum absolute atomic E-state index is 0.0309. The molecular weight excluding hydrogens is 374 g/mol. The van der Waals surface area contributed by atoms with Crippen molar-refractivity contribution in [3.05, 3.63) is 53.3 Å². The average molecular weight is 400 g/mol. The first-order valence-electron chi connectivity index (χ1n) is 9.93. The van der Waals surface area contributed by atoms with Crippen LogP contribution in [0.15, 0.2) is 42.6 Å². The molecule has 1 amide bonds. The summed E-state index contributed by atoms with van der Waals surface area (Å²) in [4.78, 5) is 19.4. The number of hydrogen-bond acceptors (Lipinski definition) is 4. The molecule has 2 fully saturated rings. The molecular formula is C22H26ClN3O2. The second kappa shape index (κ2) is 8.10. The number of piperidine rings is 1. The number of amides is 1. The lowest BCUT2D eigenvalue weighted by Gasteiger charge is -2.41. The number of nitrogens with one attached hydrogen (secondary N) is 1. The number of carbonyl (C=O) groups is 1. The lowest BCUT2D eigenvalue weighted by molar-refractivity contribution is -0.123. The molecule has 5 nitrogen and oxygen atoms in total. The third-order valence-corrected chi connectivity index (χ3v) is 6.11. The van der Waals surface area contributed by atoms with E-state index < -0.39 is 0 Å². The number of carbonyl (C=O) groups excluding carboxylic acids is 1. The molecule has 3 unspecified atom stereocenters. The van der Waals surface area contributed by atoms with Crippen molar-refractivity contribution in [2.24, 2.45) is 0 Å². The Kier molecular flexibility index (Phi) is 5.56. The molecule has 2 saturated heterocycles. The van der Waals surface area contributed by atoms with E-state index in [-0.39, 0.29) is 18.1 Å². The van der Waals surface area contributed by atoms with Crippen LogP contribution in [0.2, 0.25) is 5.02 Å². The SMILES string of the molecule is Cc1cc(OC2CC3CCC(C2)N3C(C)C(=O)Nc2ccc(Cl)cc2)ccn1. The van der Waals surface area contributed by atoms with Crippen molar-refractivity contribution in [3.63, 3.8) is 0 Å². The second-order valence-corrected chi connectivity index (χ2v) is 8.28. The van der Waals surface area contributed by atoms with Gasteiger partial charge in [0.1, 0.15) is 11.9 Å². The highest BCUT2D eigenvalue weighted by Crippen LogP contribution is 2.39. The molecule has 28 heavy (non-hydrogen) atoms. The monoisotopic (exact) mass is 399 g/mol. The van der Waals surface area contributed by atoms with Crippen LogP contribution in [0.3, 0.4) is 0 Å². The number of nitrogens with zero attached hydrogens (tertiary/aromatic N) is 2. The summed E-state index contributed by atoms with van der Waals surface area (Å²) in [5.74, 6) is 0.919. The summed E-state index contributed by atoms with van der Waals surface area (Å²) in [7, 11) is 0. The van der Waals surface area contributed by atoms with Crippen molar-refractivity contribution < 1.29 is 9.53 Å². The summed E-state index contributed by atoms with van der Waals surface area (Å²) in [5, 5.41) is 3.68. The maximum absolute atomic E-state index is 12.8. The smallest absolute Gasteiger partial charge is 0.241 e. The molecule has 1 aromatic heterocycles. The van der Waals surface area contributed by atoms with Gasteiger partial charge in [0.2, 0.25) is 5.91 Å². The number of rotatable bonds is 5. The molecule has 0 aliphatic carbocycles. The van der Waals surface area contributed by atoms with Gasteiger partial charge in [0, 0.05) is 40.8 Å². The first-order valence-corrected chi connectivity index (χ1v) is 10.3. The number of benzene rings is 1. The number of ether oxygens (including phenoxy) is 1. The molecule has 2 aliphatic rings. The highest BCUT2D eigenvalue weighted by molar-refractivity contribution is 6.30. The van der Waals surface area contributed by atoms with E-state index in [9.17, 15) is 4.79 Å². The van der Waals surface area contributed by atoms with Crippen LogP contribution < -0.4 is 10.1 Å². The minimum atomic E-state index is -0.169. The maximum atomic E-state index is 12.8. The highest BCUT2D eigenvalue weighted by Gasteiger charge is 2.45. The Morgan fingerprint density at radius 3 is 2.54 bits per heavy atom. The molecule has 148 valence electrons. The molecule has 0 radical (unpaired) electrons. The summed E-state index contributed by atoms with van der Waals surface area (Å²) in [6, 6.07) is 11.7. The van der Waals surface area contributed by atoms with Gasteiger partial charge in [-0.25, -0.2) is 0 Å². The van der Waals surface area contributed by atoms with Crippen LogP contribution in [0.4, 0.5) is 5.69 Å². The van der Waals surface area contributed by atoms with Gasteiger partial charge in [0.25, 0.3) is 0 Å². The molecule has 2 aromatic rings. The third-order valence-electron chi connectivity index (χ3n) is 5.86. The van der Waals surface area contributed by atoms with E-state index >= 15 is 0 Å². The number of halogens is 1. The molecule has 0 spiro atoms. The van der Waals surface area contributed by atoms with E-state index in [1.807, 2.05) is 38.1 Å². The zero-order chi connectivity index (χ0) is 19.7. The predicted octanol–water partition coefficient (Wildman–Crippen LogP) is 4.44. The van der Waals surface area contributed by atoms with Crippen LogP contribution in [0.25, 0.3) is 0 Å². The molecule has 4 rings (SSSR count). The van der Waals surface area contributed by atoms with Gasteiger partial charge in [0.15, 0.2) is 0 Å². The number of aryl methyl sites for hydroxylation is 1. The molecule has 1 N–H and O–H groups in total. The zero-order valence-corrected chi connectivity index (χ0v) is 17.0. The average Bonchev–Trinajstić information content (AvgIpc) is 2.93. The second-order valence-electron chi connectivity index (χ2n) is 7.85. The van der Waals surface area contributed by atoms with Crippen molar-refractivity contribution in [2.75, 3.05) is 5.32 Å². The Labute approximate surface area is 171 Å². The number of fused-ring (bicyclic) bond motifs is 2.